The number of ether oxygens (including phenoxy) is 1. The third-order valence-corrected chi connectivity index (χ3v) is 9.93. The molecule has 22 heavy (non-hydrogen) atoms. The van der Waals surface area contributed by atoms with E-state index in [1.54, 1.807) is 0 Å². The first kappa shape index (κ1) is 20.9. The van der Waals surface area contributed by atoms with Gasteiger partial charge in [-0.1, -0.05) is 59.7 Å². The third-order valence-electron chi connectivity index (χ3n) is 3.64. The Hall–Kier alpha value is -1.10. The highest BCUT2D eigenvalue weighted by Gasteiger charge is 2.42. The van der Waals surface area contributed by atoms with Crippen molar-refractivity contribution in [3.05, 3.63) is 11.3 Å². The van der Waals surface area contributed by atoms with Crippen LogP contribution >= 0.6 is 0 Å². The lowest BCUT2D eigenvalue weighted by atomic mass is 10.2. The van der Waals surface area contributed by atoms with Gasteiger partial charge in [-0.2, -0.15) is 0 Å². The third kappa shape index (κ3) is 6.77. The van der Waals surface area contributed by atoms with E-state index in [1.165, 1.54) is 7.11 Å². The molecule has 0 radical (unpaired) electrons. The summed E-state index contributed by atoms with van der Waals surface area (Å²) in [5.74, 6) is -0.257. The van der Waals surface area contributed by atoms with Crippen molar-refractivity contribution in [2.75, 3.05) is 7.11 Å². The van der Waals surface area contributed by atoms with Crippen molar-refractivity contribution in [1.82, 2.24) is 0 Å². The van der Waals surface area contributed by atoms with Crippen LogP contribution in [0.4, 0.5) is 0 Å². The van der Waals surface area contributed by atoms with Gasteiger partial charge in [0.15, 0.2) is 0 Å². The Labute approximate surface area is 136 Å². The van der Waals surface area contributed by atoms with Crippen LogP contribution in [0.15, 0.2) is 11.3 Å². The molecular formula is C17H32O4Si. The maximum Gasteiger partial charge on any atom is 0.329 e. The minimum absolute atomic E-state index is 0.422. The Kier molecular flexibility index (Phi) is 8.67. The molecule has 0 aromatic rings. The molecule has 0 rings (SSSR count). The van der Waals surface area contributed by atoms with Gasteiger partial charge in [-0.3, -0.25) is 0 Å². The van der Waals surface area contributed by atoms with Gasteiger partial charge in [0.05, 0.1) is 15.2 Å². The van der Waals surface area contributed by atoms with Crippen molar-refractivity contribution in [3.63, 3.8) is 0 Å². The molecule has 4 nitrogen and oxygen atoms in total. The van der Waals surface area contributed by atoms with Crippen LogP contribution in [0.1, 0.15) is 41.5 Å². The number of hydrogen-bond acceptors (Lipinski definition) is 3. The summed E-state index contributed by atoms with van der Waals surface area (Å²) < 4.78 is 4.93. The number of rotatable bonds is 9. The van der Waals surface area contributed by atoms with Crippen LogP contribution in [0, 0.1) is 17.8 Å². The van der Waals surface area contributed by atoms with Gasteiger partial charge in [0.2, 0.25) is 0 Å². The molecule has 0 unspecified atom stereocenters. The molecule has 0 aromatic carbocycles. The lowest BCUT2D eigenvalue weighted by Crippen LogP contribution is -2.44. The van der Waals surface area contributed by atoms with E-state index >= 15 is 0 Å². The van der Waals surface area contributed by atoms with Crippen LogP contribution in [-0.4, -0.2) is 32.2 Å². The molecule has 5 heteroatoms. The van der Waals surface area contributed by atoms with Gasteiger partial charge in [-0.05, 0) is 17.8 Å². The summed E-state index contributed by atoms with van der Waals surface area (Å²) in [5, 5.41) is 9.68. The molecule has 0 aliphatic heterocycles. The lowest BCUT2D eigenvalue weighted by molar-refractivity contribution is -0.136. The van der Waals surface area contributed by atoms with E-state index in [0.29, 0.717) is 23.0 Å². The quantitative estimate of drug-likeness (QED) is 0.393. The molecule has 0 bridgehead atoms. The molecule has 1 N–H and O–H groups in total. The van der Waals surface area contributed by atoms with Gasteiger partial charge in [-0.15, -0.1) is 0 Å². The Bertz CT molecular complexity index is 384. The number of aliphatic carboxylic acids is 1. The zero-order valence-corrected chi connectivity index (χ0v) is 16.1. The molecule has 0 fully saturated rings. The van der Waals surface area contributed by atoms with Gasteiger partial charge < -0.3 is 9.84 Å². The molecule has 0 aliphatic carbocycles. The van der Waals surface area contributed by atoms with E-state index < -0.39 is 20.0 Å². The van der Waals surface area contributed by atoms with E-state index in [4.69, 9.17) is 4.74 Å². The second-order valence-corrected chi connectivity index (χ2v) is 11.8. The van der Waals surface area contributed by atoms with Crippen molar-refractivity contribution in [2.24, 2.45) is 17.8 Å². The molecule has 0 atom stereocenters. The minimum Gasteiger partial charge on any atom is -0.478 e. The average Bonchev–Trinajstić information content (AvgIpc) is 2.31. The van der Waals surface area contributed by atoms with E-state index in [0.717, 1.165) is 24.2 Å². The zero-order valence-electron chi connectivity index (χ0n) is 15.1. The fraction of sp³-hybridized carbons (Fsp3) is 0.765. The van der Waals surface area contributed by atoms with Gasteiger partial charge >= 0.3 is 11.9 Å². The van der Waals surface area contributed by atoms with Crippen molar-refractivity contribution < 1.29 is 19.4 Å². The topological polar surface area (TPSA) is 63.6 Å². The van der Waals surface area contributed by atoms with E-state index in [9.17, 15) is 14.7 Å². The minimum atomic E-state index is -2.26. The Balaban J connectivity index is 6.11. The molecule has 0 aliphatic rings. The largest absolute Gasteiger partial charge is 0.478 e. The number of carbonyl (C=O) groups excluding carboxylic acids is 1. The van der Waals surface area contributed by atoms with Crippen molar-refractivity contribution in [2.45, 2.75) is 59.7 Å². The Morgan fingerprint density at radius 1 is 0.955 bits per heavy atom. The SMILES string of the molecule is COC(=O)/C(=C/C(=O)O)[Si](CC(C)C)(CC(C)C)CC(C)C. The van der Waals surface area contributed by atoms with Crippen molar-refractivity contribution in [1.29, 1.82) is 0 Å². The number of esters is 1. The zero-order chi connectivity index (χ0) is 17.5. The van der Waals surface area contributed by atoms with Gasteiger partial charge in [-0.25, -0.2) is 9.59 Å². The monoisotopic (exact) mass is 328 g/mol. The van der Waals surface area contributed by atoms with Crippen LogP contribution < -0.4 is 0 Å². The molecule has 0 spiro atoms. The van der Waals surface area contributed by atoms with Gasteiger partial charge in [0.25, 0.3) is 0 Å². The highest BCUT2D eigenvalue weighted by molar-refractivity contribution is 6.90. The van der Waals surface area contributed by atoms with Crippen LogP contribution in [-0.2, 0) is 14.3 Å². The highest BCUT2D eigenvalue weighted by Crippen LogP contribution is 2.38. The first-order valence-corrected chi connectivity index (χ1v) is 10.7. The summed E-state index contributed by atoms with van der Waals surface area (Å²) >= 11 is 0. The summed E-state index contributed by atoms with van der Waals surface area (Å²) in [6.45, 7) is 12.8. The molecule has 128 valence electrons. The van der Waals surface area contributed by atoms with E-state index in [-0.39, 0.29) is 0 Å². The van der Waals surface area contributed by atoms with Crippen LogP contribution in [0.3, 0.4) is 0 Å². The first-order chi connectivity index (χ1) is 10.0. The Morgan fingerprint density at radius 3 is 1.55 bits per heavy atom. The fourth-order valence-electron chi connectivity index (χ4n) is 3.59. The fourth-order valence-corrected chi connectivity index (χ4v) is 10.4. The second-order valence-electron chi connectivity index (χ2n) is 7.46. The molecule has 0 saturated carbocycles. The molecule has 0 amide bonds. The number of carboxylic acid groups (broad SMARTS) is 1. The number of carboxylic acids is 1. The van der Waals surface area contributed by atoms with Crippen LogP contribution in [0.5, 0.6) is 0 Å². The smallest absolute Gasteiger partial charge is 0.329 e. The number of hydrogen-bond donors (Lipinski definition) is 1. The summed E-state index contributed by atoms with van der Waals surface area (Å²) in [6.07, 6.45) is 1.12. The van der Waals surface area contributed by atoms with E-state index in [2.05, 4.69) is 41.5 Å². The standard InChI is InChI=1S/C17H32O4Si/c1-12(2)9-22(10-13(3)4,11-14(5)6)15(8-16(18)19)17(20)21-7/h8,12-14H,9-11H2,1-7H3,(H,18,19)/b15-8-. The van der Waals surface area contributed by atoms with Crippen molar-refractivity contribution >= 4 is 20.0 Å². The molecule has 0 saturated heterocycles. The molecular weight excluding hydrogens is 296 g/mol. The number of methoxy groups -OCH3 is 1. The van der Waals surface area contributed by atoms with Gasteiger partial charge in [0.1, 0.15) is 0 Å². The summed E-state index contributed by atoms with van der Waals surface area (Å²) in [6, 6.07) is 2.74. The average molecular weight is 329 g/mol. The van der Waals surface area contributed by atoms with Crippen molar-refractivity contribution in [3.8, 4) is 0 Å². The Morgan fingerprint density at radius 2 is 1.32 bits per heavy atom. The molecule has 0 aromatic heterocycles. The van der Waals surface area contributed by atoms with Crippen LogP contribution in [0.2, 0.25) is 18.1 Å². The van der Waals surface area contributed by atoms with Crippen LogP contribution in [0.25, 0.3) is 0 Å². The normalized spacial score (nSPS) is 13.1. The van der Waals surface area contributed by atoms with Gasteiger partial charge in [0, 0.05) is 11.3 Å². The lowest BCUT2D eigenvalue weighted by Gasteiger charge is -2.37. The summed E-state index contributed by atoms with van der Waals surface area (Å²) in [5.41, 5.74) is 0. The maximum absolute atomic E-state index is 12.3. The highest BCUT2D eigenvalue weighted by atomic mass is 28.3. The summed E-state index contributed by atoms with van der Waals surface area (Å²) in [7, 11) is -0.925. The maximum atomic E-state index is 12.3. The first-order valence-electron chi connectivity index (χ1n) is 8.07. The summed E-state index contributed by atoms with van der Waals surface area (Å²) in [4.78, 5) is 23.6. The van der Waals surface area contributed by atoms with E-state index in [1.807, 2.05) is 0 Å². The predicted molar refractivity (Wildman–Crippen MR) is 92.4 cm³/mol. The number of carbonyl (C=O) groups is 2. The molecule has 0 heterocycles. The predicted octanol–water partition coefficient (Wildman–Crippen LogP) is 4.13. The second kappa shape index (κ2) is 9.13.